The van der Waals surface area contributed by atoms with Gasteiger partial charge < -0.3 is 23.4 Å². The van der Waals surface area contributed by atoms with Crippen molar-refractivity contribution in [2.75, 3.05) is 7.11 Å². The lowest BCUT2D eigenvalue weighted by Crippen LogP contribution is -2.13. The van der Waals surface area contributed by atoms with Crippen molar-refractivity contribution in [1.82, 2.24) is 4.98 Å². The minimum atomic E-state index is -0.310. The van der Waals surface area contributed by atoms with Crippen molar-refractivity contribution in [3.8, 4) is 28.9 Å². The summed E-state index contributed by atoms with van der Waals surface area (Å²) in [4.78, 5) is 16.8. The van der Waals surface area contributed by atoms with Crippen LogP contribution in [0.25, 0.3) is 11.0 Å². The molecule has 148 valence electrons. The van der Waals surface area contributed by atoms with E-state index in [0.29, 0.717) is 17.2 Å². The fourth-order valence-electron chi connectivity index (χ4n) is 2.68. The van der Waals surface area contributed by atoms with Gasteiger partial charge in [0.25, 0.3) is 5.95 Å². The zero-order valence-electron chi connectivity index (χ0n) is 16.5. The molecule has 0 bridgehead atoms. The minimum absolute atomic E-state index is 0.0554. The Hall–Kier alpha value is -3.22. The van der Waals surface area contributed by atoms with Gasteiger partial charge in [-0.05, 0) is 39.8 Å². The molecule has 3 rings (SSSR count). The first-order valence-corrected chi connectivity index (χ1v) is 8.99. The molecule has 0 radical (unpaired) electrons. The molecule has 0 fully saturated rings. The number of benzene rings is 1. The van der Waals surface area contributed by atoms with Crippen LogP contribution in [0.3, 0.4) is 0 Å². The highest BCUT2D eigenvalue weighted by atomic mass is 16.6. The minimum Gasteiger partial charge on any atom is -0.490 e. The predicted octanol–water partition coefficient (Wildman–Crippen LogP) is 4.56. The molecule has 3 aromatic rings. The van der Waals surface area contributed by atoms with E-state index in [0.717, 1.165) is 0 Å². The van der Waals surface area contributed by atoms with Crippen molar-refractivity contribution in [2.45, 2.75) is 39.9 Å². The van der Waals surface area contributed by atoms with E-state index in [9.17, 15) is 4.79 Å². The average Bonchev–Trinajstić information content (AvgIpc) is 2.61. The summed E-state index contributed by atoms with van der Waals surface area (Å²) in [7, 11) is 1.50. The zero-order chi connectivity index (χ0) is 20.3. The number of hydrogen-bond donors (Lipinski definition) is 0. The van der Waals surface area contributed by atoms with Gasteiger partial charge in [0.05, 0.1) is 25.4 Å². The molecule has 2 heterocycles. The van der Waals surface area contributed by atoms with Crippen LogP contribution in [-0.2, 0) is 0 Å². The van der Waals surface area contributed by atoms with Gasteiger partial charge in [-0.2, -0.15) is 0 Å². The summed E-state index contributed by atoms with van der Waals surface area (Å²) < 4.78 is 28.7. The Morgan fingerprint density at radius 1 is 0.964 bits per heavy atom. The second kappa shape index (κ2) is 8.21. The van der Waals surface area contributed by atoms with Gasteiger partial charge in [0.15, 0.2) is 11.5 Å². The van der Waals surface area contributed by atoms with Crippen LogP contribution in [0.5, 0.6) is 28.9 Å². The number of ether oxygens (including phenoxy) is 4. The Bertz CT molecular complexity index is 1010. The molecule has 0 unspecified atom stereocenters. The van der Waals surface area contributed by atoms with Gasteiger partial charge in [0, 0.05) is 18.5 Å². The van der Waals surface area contributed by atoms with Crippen molar-refractivity contribution < 1.29 is 23.4 Å². The average molecular weight is 385 g/mol. The maximum absolute atomic E-state index is 12.9. The topological polar surface area (TPSA) is 80.0 Å². The maximum Gasteiger partial charge on any atom is 0.294 e. The quantitative estimate of drug-likeness (QED) is 0.589. The second-order valence-electron chi connectivity index (χ2n) is 6.66. The van der Waals surface area contributed by atoms with E-state index < -0.39 is 0 Å². The van der Waals surface area contributed by atoms with Crippen molar-refractivity contribution in [3.05, 3.63) is 46.9 Å². The molecule has 7 nitrogen and oxygen atoms in total. The molecule has 0 amide bonds. The van der Waals surface area contributed by atoms with Crippen LogP contribution >= 0.6 is 0 Å². The molecule has 0 atom stereocenters. The van der Waals surface area contributed by atoms with Gasteiger partial charge >= 0.3 is 0 Å². The lowest BCUT2D eigenvalue weighted by atomic mass is 10.1. The van der Waals surface area contributed by atoms with Gasteiger partial charge in [-0.15, -0.1) is 0 Å². The molecule has 7 heteroatoms. The Kier molecular flexibility index (Phi) is 5.73. The van der Waals surface area contributed by atoms with E-state index >= 15 is 0 Å². The number of rotatable bonds is 7. The number of aromatic nitrogens is 1. The molecular weight excluding hydrogens is 362 g/mol. The van der Waals surface area contributed by atoms with Crippen LogP contribution in [0.4, 0.5) is 0 Å². The number of hydrogen-bond acceptors (Lipinski definition) is 7. The van der Waals surface area contributed by atoms with Gasteiger partial charge in [-0.3, -0.25) is 9.78 Å². The van der Waals surface area contributed by atoms with E-state index in [1.54, 1.807) is 30.6 Å². The van der Waals surface area contributed by atoms with E-state index in [-0.39, 0.29) is 40.3 Å². The van der Waals surface area contributed by atoms with E-state index in [4.69, 9.17) is 23.4 Å². The lowest BCUT2D eigenvalue weighted by molar-refractivity contribution is 0.210. The Balaban J connectivity index is 2.20. The highest BCUT2D eigenvalue weighted by Crippen LogP contribution is 2.44. The van der Waals surface area contributed by atoms with Crippen molar-refractivity contribution in [3.63, 3.8) is 0 Å². The van der Waals surface area contributed by atoms with Crippen LogP contribution < -0.4 is 24.4 Å². The Labute approximate surface area is 162 Å². The molecule has 0 spiro atoms. The SMILES string of the molecule is COc1c(OC(C)C)cc2oc(Oc3ccncc3)cc(=O)c2c1OC(C)C. The highest BCUT2D eigenvalue weighted by Gasteiger charge is 2.23. The molecule has 0 N–H and O–H groups in total. The summed E-state index contributed by atoms with van der Waals surface area (Å²) in [6.45, 7) is 7.52. The summed E-state index contributed by atoms with van der Waals surface area (Å²) in [6, 6.07) is 6.22. The number of pyridine rings is 1. The molecule has 0 aliphatic carbocycles. The molecule has 28 heavy (non-hydrogen) atoms. The summed E-state index contributed by atoms with van der Waals surface area (Å²) >= 11 is 0. The summed E-state index contributed by atoms with van der Waals surface area (Å²) in [5.41, 5.74) is -0.0287. The second-order valence-corrected chi connectivity index (χ2v) is 6.66. The number of methoxy groups -OCH3 is 1. The van der Waals surface area contributed by atoms with Gasteiger partial charge in [0.2, 0.25) is 11.2 Å². The standard InChI is InChI=1S/C21H23NO6/c1-12(2)25-17-11-16-19(21(20(17)24-5)26-13(3)4)15(23)10-18(28-16)27-14-6-8-22-9-7-14/h6-13H,1-5H3. The molecule has 0 saturated carbocycles. The third-order valence-corrected chi connectivity index (χ3v) is 3.66. The first-order chi connectivity index (χ1) is 13.4. The maximum atomic E-state index is 12.9. The smallest absolute Gasteiger partial charge is 0.294 e. The van der Waals surface area contributed by atoms with E-state index in [2.05, 4.69) is 4.98 Å². The first kappa shape index (κ1) is 19.5. The zero-order valence-corrected chi connectivity index (χ0v) is 16.5. The third kappa shape index (κ3) is 4.19. The molecule has 0 saturated heterocycles. The van der Waals surface area contributed by atoms with Gasteiger partial charge in [0.1, 0.15) is 16.7 Å². The van der Waals surface area contributed by atoms with Gasteiger partial charge in [-0.1, -0.05) is 0 Å². The molecule has 1 aromatic carbocycles. The normalized spacial score (nSPS) is 11.1. The predicted molar refractivity (Wildman–Crippen MR) is 105 cm³/mol. The van der Waals surface area contributed by atoms with Crippen LogP contribution in [0.15, 0.2) is 45.9 Å². The Morgan fingerprint density at radius 2 is 1.64 bits per heavy atom. The largest absolute Gasteiger partial charge is 0.490 e. The number of fused-ring (bicyclic) bond motifs is 1. The van der Waals surface area contributed by atoms with Crippen LogP contribution in [-0.4, -0.2) is 24.3 Å². The van der Waals surface area contributed by atoms with Crippen LogP contribution in [0, 0.1) is 0 Å². The van der Waals surface area contributed by atoms with Crippen LogP contribution in [0.2, 0.25) is 0 Å². The fourth-order valence-corrected chi connectivity index (χ4v) is 2.68. The Morgan fingerprint density at radius 3 is 2.25 bits per heavy atom. The highest BCUT2D eigenvalue weighted by molar-refractivity contribution is 5.89. The van der Waals surface area contributed by atoms with Gasteiger partial charge in [-0.25, -0.2) is 0 Å². The monoisotopic (exact) mass is 385 g/mol. The molecule has 0 aliphatic heterocycles. The molecule has 0 aliphatic rings. The van der Waals surface area contributed by atoms with Crippen molar-refractivity contribution in [1.29, 1.82) is 0 Å². The summed E-state index contributed by atoms with van der Waals surface area (Å²) in [5, 5.41) is 0.267. The van der Waals surface area contributed by atoms with Crippen LogP contribution in [0.1, 0.15) is 27.7 Å². The lowest BCUT2D eigenvalue weighted by Gasteiger charge is -2.20. The molecular formula is C21H23NO6. The van der Waals surface area contributed by atoms with E-state index in [1.165, 1.54) is 13.2 Å². The number of nitrogens with zero attached hydrogens (tertiary/aromatic N) is 1. The molecule has 2 aromatic heterocycles. The fraction of sp³-hybridized carbons (Fsp3) is 0.333. The van der Waals surface area contributed by atoms with Crippen molar-refractivity contribution >= 4 is 11.0 Å². The van der Waals surface area contributed by atoms with E-state index in [1.807, 2.05) is 27.7 Å². The third-order valence-electron chi connectivity index (χ3n) is 3.66. The summed E-state index contributed by atoms with van der Waals surface area (Å²) in [6.07, 6.45) is 2.88. The first-order valence-electron chi connectivity index (χ1n) is 8.99. The van der Waals surface area contributed by atoms with Crippen molar-refractivity contribution in [2.24, 2.45) is 0 Å². The summed E-state index contributed by atoms with van der Waals surface area (Å²) in [5.74, 6) is 1.62.